The van der Waals surface area contributed by atoms with Crippen molar-refractivity contribution >= 4 is 16.7 Å². The molecule has 0 fully saturated rings. The zero-order chi connectivity index (χ0) is 20.8. The molecule has 0 saturated heterocycles. The van der Waals surface area contributed by atoms with Crippen molar-refractivity contribution in [2.75, 3.05) is 0 Å². The third-order valence-corrected chi connectivity index (χ3v) is 5.27. The summed E-state index contributed by atoms with van der Waals surface area (Å²) in [6.07, 6.45) is 0. The summed E-state index contributed by atoms with van der Waals surface area (Å²) in [6, 6.07) is 27.8. The van der Waals surface area contributed by atoms with Gasteiger partial charge in [-0.1, -0.05) is 65.8 Å². The van der Waals surface area contributed by atoms with Crippen LogP contribution < -0.4 is 9.47 Å². The summed E-state index contributed by atoms with van der Waals surface area (Å²) in [5.74, 6) is 2.53. The van der Waals surface area contributed by atoms with Crippen LogP contribution >= 0.6 is 0 Å². The van der Waals surface area contributed by atoms with Crippen molar-refractivity contribution in [3.63, 3.8) is 0 Å². The zero-order valence-electron chi connectivity index (χ0n) is 16.2. The fourth-order valence-electron chi connectivity index (χ4n) is 3.89. The first-order chi connectivity index (χ1) is 15.3. The van der Waals surface area contributed by atoms with Crippen LogP contribution in [-0.4, -0.2) is 10.9 Å². The molecule has 0 saturated carbocycles. The normalized spacial score (nSPS) is 11.9. The first kappa shape index (κ1) is 17.5. The van der Waals surface area contributed by atoms with Gasteiger partial charge in [0.2, 0.25) is 0 Å². The number of ketones is 1. The Balaban J connectivity index is 1.62. The summed E-state index contributed by atoms with van der Waals surface area (Å²) in [5.41, 5.74) is 2.18. The van der Waals surface area contributed by atoms with E-state index in [1.54, 1.807) is 12.1 Å². The molecule has 1 aliphatic carbocycles. The Bertz CT molecular complexity index is 1440. The molecule has 5 nitrogen and oxygen atoms in total. The van der Waals surface area contributed by atoms with Gasteiger partial charge in [-0.15, -0.1) is 0 Å². The molecule has 1 aliphatic rings. The largest absolute Gasteiger partial charge is 0.456 e. The molecule has 6 rings (SSSR count). The standard InChI is InChI=1S/C26H15NO4/c28-25-18-13-7-8-14-19(18)26-23-22(25)20(29-16-9-3-1-4-10-16)15-21(24(23)27-31-26)30-17-11-5-2-6-12-17/h1-15H. The van der Waals surface area contributed by atoms with Crippen molar-refractivity contribution < 1.29 is 18.8 Å². The van der Waals surface area contributed by atoms with Crippen LogP contribution in [0.4, 0.5) is 0 Å². The SMILES string of the molecule is O=C1c2ccccc2-c2onc3c(Oc4ccccc4)cc(Oc4ccccc4)c1c23. The maximum absolute atomic E-state index is 13.5. The van der Waals surface area contributed by atoms with Crippen LogP contribution in [0.5, 0.6) is 23.0 Å². The van der Waals surface area contributed by atoms with Crippen LogP contribution in [0.2, 0.25) is 0 Å². The highest BCUT2D eigenvalue weighted by Gasteiger charge is 2.34. The first-order valence-electron chi connectivity index (χ1n) is 9.86. The number of fused-ring (bicyclic) bond motifs is 2. The number of benzene rings is 4. The van der Waals surface area contributed by atoms with E-state index in [1.165, 1.54) is 0 Å². The lowest BCUT2D eigenvalue weighted by Gasteiger charge is -2.18. The molecule has 5 aromatic rings. The number of carbonyl (C=O) groups excluding carboxylic acids is 1. The molecule has 0 aliphatic heterocycles. The lowest BCUT2D eigenvalue weighted by atomic mass is 9.87. The zero-order valence-corrected chi connectivity index (χ0v) is 16.2. The third-order valence-electron chi connectivity index (χ3n) is 5.27. The lowest BCUT2D eigenvalue weighted by molar-refractivity contribution is 0.103. The minimum absolute atomic E-state index is 0.131. The Morgan fingerprint density at radius 3 is 1.94 bits per heavy atom. The minimum atomic E-state index is -0.131. The number of carbonyl (C=O) groups is 1. The van der Waals surface area contributed by atoms with Crippen LogP contribution in [-0.2, 0) is 0 Å². The summed E-state index contributed by atoms with van der Waals surface area (Å²) in [7, 11) is 0. The number of aromatic nitrogens is 1. The molecular formula is C26H15NO4. The molecule has 0 unspecified atom stereocenters. The highest BCUT2D eigenvalue weighted by Crippen LogP contribution is 2.47. The van der Waals surface area contributed by atoms with E-state index in [0.29, 0.717) is 56.4 Å². The summed E-state index contributed by atoms with van der Waals surface area (Å²) in [5, 5.41) is 4.86. The predicted octanol–water partition coefficient (Wildman–Crippen LogP) is 6.62. The third kappa shape index (κ3) is 2.79. The van der Waals surface area contributed by atoms with E-state index < -0.39 is 0 Å². The summed E-state index contributed by atoms with van der Waals surface area (Å²) in [6.45, 7) is 0. The van der Waals surface area contributed by atoms with Gasteiger partial charge in [0, 0.05) is 17.2 Å². The topological polar surface area (TPSA) is 61.6 Å². The van der Waals surface area contributed by atoms with E-state index in [2.05, 4.69) is 5.16 Å². The van der Waals surface area contributed by atoms with Crippen molar-refractivity contribution in [1.29, 1.82) is 0 Å². The second-order valence-corrected chi connectivity index (χ2v) is 7.19. The highest BCUT2D eigenvalue weighted by molar-refractivity contribution is 6.26. The first-order valence-corrected chi connectivity index (χ1v) is 9.86. The molecule has 4 aromatic carbocycles. The van der Waals surface area contributed by atoms with E-state index >= 15 is 0 Å². The van der Waals surface area contributed by atoms with Crippen molar-refractivity contribution in [3.05, 3.63) is 102 Å². The van der Waals surface area contributed by atoms with Gasteiger partial charge in [0.1, 0.15) is 17.2 Å². The molecule has 0 amide bonds. The Hall–Kier alpha value is -4.38. The Kier molecular flexibility index (Phi) is 3.86. The van der Waals surface area contributed by atoms with Gasteiger partial charge < -0.3 is 14.0 Å². The number of nitrogens with zero attached hydrogens (tertiary/aromatic N) is 1. The van der Waals surface area contributed by atoms with Gasteiger partial charge in [-0.2, -0.15) is 0 Å². The van der Waals surface area contributed by atoms with Crippen molar-refractivity contribution in [1.82, 2.24) is 5.16 Å². The quantitative estimate of drug-likeness (QED) is 0.330. The van der Waals surface area contributed by atoms with Crippen LogP contribution in [0.25, 0.3) is 22.2 Å². The molecule has 0 N–H and O–H groups in total. The molecule has 1 aromatic heterocycles. The van der Waals surface area contributed by atoms with Crippen LogP contribution in [0.15, 0.2) is 95.5 Å². The van der Waals surface area contributed by atoms with Crippen molar-refractivity contribution in [2.45, 2.75) is 0 Å². The van der Waals surface area contributed by atoms with Gasteiger partial charge in [-0.3, -0.25) is 4.79 Å². The summed E-state index contributed by atoms with van der Waals surface area (Å²) in [4.78, 5) is 13.5. The molecule has 31 heavy (non-hydrogen) atoms. The van der Waals surface area contributed by atoms with Gasteiger partial charge in [0.15, 0.2) is 22.8 Å². The highest BCUT2D eigenvalue weighted by atomic mass is 16.5. The van der Waals surface area contributed by atoms with Crippen molar-refractivity contribution in [2.24, 2.45) is 0 Å². The van der Waals surface area contributed by atoms with E-state index in [0.717, 1.165) is 0 Å². The second kappa shape index (κ2) is 6.85. The number of rotatable bonds is 4. The van der Waals surface area contributed by atoms with Crippen LogP contribution in [0.1, 0.15) is 15.9 Å². The molecule has 148 valence electrons. The second-order valence-electron chi connectivity index (χ2n) is 7.19. The summed E-state index contributed by atoms with van der Waals surface area (Å²) >= 11 is 0. The molecule has 0 atom stereocenters. The average molecular weight is 405 g/mol. The molecule has 0 bridgehead atoms. The maximum Gasteiger partial charge on any atom is 0.198 e. The molecular weight excluding hydrogens is 390 g/mol. The van der Waals surface area contributed by atoms with E-state index in [1.807, 2.05) is 78.9 Å². The van der Waals surface area contributed by atoms with Gasteiger partial charge in [0.25, 0.3) is 0 Å². The van der Waals surface area contributed by atoms with E-state index in [-0.39, 0.29) is 5.78 Å². The monoisotopic (exact) mass is 405 g/mol. The summed E-state index contributed by atoms with van der Waals surface area (Å²) < 4.78 is 18.0. The Labute approximate surface area is 177 Å². The fourth-order valence-corrected chi connectivity index (χ4v) is 3.89. The van der Waals surface area contributed by atoms with Crippen LogP contribution in [0, 0.1) is 0 Å². The molecule has 0 radical (unpaired) electrons. The molecule has 5 heteroatoms. The number of para-hydroxylation sites is 2. The van der Waals surface area contributed by atoms with Crippen molar-refractivity contribution in [3.8, 4) is 34.3 Å². The van der Waals surface area contributed by atoms with Gasteiger partial charge in [-0.05, 0) is 24.3 Å². The smallest absolute Gasteiger partial charge is 0.198 e. The average Bonchev–Trinajstić information content (AvgIpc) is 3.26. The number of ether oxygens (including phenoxy) is 2. The Morgan fingerprint density at radius 1 is 0.677 bits per heavy atom. The number of hydrogen-bond donors (Lipinski definition) is 0. The number of hydrogen-bond acceptors (Lipinski definition) is 5. The molecule has 0 spiro atoms. The van der Waals surface area contributed by atoms with Gasteiger partial charge in [-0.25, -0.2) is 0 Å². The Morgan fingerprint density at radius 2 is 1.26 bits per heavy atom. The predicted molar refractivity (Wildman–Crippen MR) is 116 cm³/mol. The van der Waals surface area contributed by atoms with Gasteiger partial charge in [0.05, 0.1) is 10.9 Å². The maximum atomic E-state index is 13.5. The minimum Gasteiger partial charge on any atom is -0.456 e. The lowest BCUT2D eigenvalue weighted by Crippen LogP contribution is -2.10. The van der Waals surface area contributed by atoms with Crippen LogP contribution in [0.3, 0.4) is 0 Å². The molecule has 1 heterocycles. The van der Waals surface area contributed by atoms with Gasteiger partial charge >= 0.3 is 0 Å². The fraction of sp³-hybridized carbons (Fsp3) is 0. The van der Waals surface area contributed by atoms with E-state index in [9.17, 15) is 4.79 Å². The van der Waals surface area contributed by atoms with E-state index in [4.69, 9.17) is 14.0 Å².